The first-order valence-corrected chi connectivity index (χ1v) is 8.97. The topological polar surface area (TPSA) is 62.5 Å². The van der Waals surface area contributed by atoms with Crippen molar-refractivity contribution in [3.05, 3.63) is 52.4 Å². The lowest BCUT2D eigenvalue weighted by Crippen LogP contribution is -2.39. The van der Waals surface area contributed by atoms with E-state index < -0.39 is 0 Å². The third-order valence-corrected chi connectivity index (χ3v) is 4.53. The molecule has 2 aromatic rings. The second-order valence-corrected chi connectivity index (χ2v) is 7.23. The zero-order valence-electron chi connectivity index (χ0n) is 14.6. The molecule has 1 atom stereocenters. The van der Waals surface area contributed by atoms with Gasteiger partial charge in [0.25, 0.3) is 0 Å². The van der Waals surface area contributed by atoms with Crippen molar-refractivity contribution in [1.29, 1.82) is 0 Å². The van der Waals surface area contributed by atoms with Gasteiger partial charge in [-0.05, 0) is 26.0 Å². The second kappa shape index (κ2) is 9.27. The maximum Gasteiger partial charge on any atom is 0.191 e. The molecule has 1 unspecified atom stereocenters. The van der Waals surface area contributed by atoms with E-state index in [1.807, 2.05) is 25.3 Å². The van der Waals surface area contributed by atoms with Gasteiger partial charge in [0.05, 0.1) is 17.8 Å². The fraction of sp³-hybridized carbons (Fsp3) is 0.444. The van der Waals surface area contributed by atoms with E-state index in [0.29, 0.717) is 19.0 Å². The molecule has 0 fully saturated rings. The number of aromatic nitrogens is 1. The number of thiazole rings is 1. The summed E-state index contributed by atoms with van der Waals surface area (Å²) in [5.41, 5.74) is 1.07. The monoisotopic (exact) mass is 346 g/mol. The number of nitrogens with zero attached hydrogens (tertiary/aromatic N) is 2. The Hall–Kier alpha value is -2.08. The third kappa shape index (κ3) is 6.20. The quantitative estimate of drug-likeness (QED) is 0.436. The van der Waals surface area contributed by atoms with Crippen molar-refractivity contribution in [1.82, 2.24) is 15.6 Å². The van der Waals surface area contributed by atoms with E-state index in [1.54, 1.807) is 17.6 Å². The van der Waals surface area contributed by atoms with E-state index in [-0.39, 0.29) is 0 Å². The summed E-state index contributed by atoms with van der Waals surface area (Å²) in [6.07, 6.45) is 4.44. The first-order valence-electron chi connectivity index (χ1n) is 8.16. The van der Waals surface area contributed by atoms with Crippen LogP contribution in [-0.4, -0.2) is 30.6 Å². The molecule has 0 amide bonds. The molecule has 2 heterocycles. The number of hydrogen-bond acceptors (Lipinski definition) is 4. The molecule has 24 heavy (non-hydrogen) atoms. The molecule has 0 aromatic carbocycles. The van der Waals surface area contributed by atoms with E-state index in [2.05, 4.69) is 41.0 Å². The van der Waals surface area contributed by atoms with Crippen LogP contribution in [0.4, 0.5) is 0 Å². The lowest BCUT2D eigenvalue weighted by molar-refractivity contribution is 0.507. The average Bonchev–Trinajstić information content (AvgIpc) is 3.20. The predicted molar refractivity (Wildman–Crippen MR) is 101 cm³/mol. The highest BCUT2D eigenvalue weighted by atomic mass is 32.1. The molecular weight excluding hydrogens is 320 g/mol. The minimum absolute atomic E-state index is 0.303. The second-order valence-electron chi connectivity index (χ2n) is 5.97. The summed E-state index contributed by atoms with van der Waals surface area (Å²) in [5, 5.41) is 7.78. The minimum Gasteiger partial charge on any atom is -0.469 e. The summed E-state index contributed by atoms with van der Waals surface area (Å²) in [7, 11) is 0. The van der Waals surface area contributed by atoms with Crippen molar-refractivity contribution in [2.75, 3.05) is 19.6 Å². The van der Waals surface area contributed by atoms with Crippen molar-refractivity contribution in [2.45, 2.75) is 33.1 Å². The highest BCUT2D eigenvalue weighted by Gasteiger charge is 2.09. The van der Waals surface area contributed by atoms with Crippen LogP contribution in [0.15, 0.2) is 46.2 Å². The Morgan fingerprint density at radius 3 is 2.92 bits per heavy atom. The van der Waals surface area contributed by atoms with Crippen LogP contribution < -0.4 is 10.6 Å². The van der Waals surface area contributed by atoms with Gasteiger partial charge in [-0.1, -0.05) is 19.1 Å². The van der Waals surface area contributed by atoms with Crippen molar-refractivity contribution in [2.24, 2.45) is 4.99 Å². The van der Waals surface area contributed by atoms with Crippen molar-refractivity contribution >= 4 is 17.3 Å². The van der Waals surface area contributed by atoms with Crippen molar-refractivity contribution in [3.8, 4) is 0 Å². The van der Waals surface area contributed by atoms with Crippen molar-refractivity contribution in [3.63, 3.8) is 0 Å². The van der Waals surface area contributed by atoms with Crippen LogP contribution in [0.1, 0.15) is 35.4 Å². The van der Waals surface area contributed by atoms with E-state index in [4.69, 9.17) is 4.42 Å². The van der Waals surface area contributed by atoms with Crippen LogP contribution in [0.25, 0.3) is 0 Å². The number of furan rings is 1. The van der Waals surface area contributed by atoms with Gasteiger partial charge in [0.2, 0.25) is 0 Å². The van der Waals surface area contributed by atoms with Gasteiger partial charge < -0.3 is 15.1 Å². The highest BCUT2D eigenvalue weighted by Crippen LogP contribution is 2.21. The van der Waals surface area contributed by atoms with Gasteiger partial charge in [-0.25, -0.2) is 4.98 Å². The summed E-state index contributed by atoms with van der Waals surface area (Å²) in [4.78, 5) is 10.4. The molecule has 130 valence electrons. The van der Waals surface area contributed by atoms with Crippen LogP contribution in [0.2, 0.25) is 0 Å². The number of aliphatic imine (C=N–C) groups is 1. The predicted octanol–water partition coefficient (Wildman–Crippen LogP) is 3.50. The molecule has 2 N–H and O–H groups in total. The number of nitrogens with one attached hydrogen (secondary N) is 2. The maximum absolute atomic E-state index is 5.35. The van der Waals surface area contributed by atoms with Crippen molar-refractivity contribution < 1.29 is 4.42 Å². The normalized spacial score (nSPS) is 12.9. The summed E-state index contributed by atoms with van der Waals surface area (Å²) < 4.78 is 5.35. The van der Waals surface area contributed by atoms with Crippen LogP contribution in [0.5, 0.6) is 0 Å². The van der Waals surface area contributed by atoms with Crippen LogP contribution in [-0.2, 0) is 6.42 Å². The molecule has 0 aliphatic heterocycles. The van der Waals surface area contributed by atoms with E-state index in [0.717, 1.165) is 35.3 Å². The van der Waals surface area contributed by atoms with Gasteiger partial charge in [0.1, 0.15) is 5.76 Å². The molecule has 5 nitrogen and oxygen atoms in total. The third-order valence-electron chi connectivity index (χ3n) is 3.39. The van der Waals surface area contributed by atoms with Gasteiger partial charge in [0, 0.05) is 36.5 Å². The maximum atomic E-state index is 5.35. The van der Waals surface area contributed by atoms with Crippen LogP contribution in [0.3, 0.4) is 0 Å². The molecular formula is C18H26N4OS. The number of aryl methyl sites for hydroxylation is 1. The molecule has 0 radical (unpaired) electrons. The summed E-state index contributed by atoms with van der Waals surface area (Å²) in [6.45, 7) is 12.3. The van der Waals surface area contributed by atoms with Gasteiger partial charge in [-0.15, -0.1) is 11.3 Å². The molecule has 0 saturated heterocycles. The first kappa shape index (κ1) is 18.3. The smallest absolute Gasteiger partial charge is 0.191 e. The van der Waals surface area contributed by atoms with Gasteiger partial charge in [-0.3, -0.25) is 4.99 Å². The Balaban J connectivity index is 1.89. The minimum atomic E-state index is 0.303. The molecule has 2 rings (SSSR count). The molecule has 0 aliphatic rings. The Kier molecular flexibility index (Phi) is 7.06. The lowest BCUT2D eigenvalue weighted by atomic mass is 10.2. The summed E-state index contributed by atoms with van der Waals surface area (Å²) >= 11 is 1.73. The molecule has 6 heteroatoms. The van der Waals surface area contributed by atoms with E-state index in [9.17, 15) is 0 Å². The zero-order valence-corrected chi connectivity index (χ0v) is 15.4. The molecule has 0 aliphatic carbocycles. The Morgan fingerprint density at radius 2 is 2.29 bits per heavy atom. The SMILES string of the molecule is C=C(C)CNC(=NCC(C)c1ncc(C)s1)NCCc1ccco1. The van der Waals surface area contributed by atoms with Gasteiger partial charge in [-0.2, -0.15) is 0 Å². The Labute approximate surface area is 147 Å². The van der Waals surface area contributed by atoms with Gasteiger partial charge >= 0.3 is 0 Å². The van der Waals surface area contributed by atoms with Crippen LogP contribution >= 0.6 is 11.3 Å². The lowest BCUT2D eigenvalue weighted by Gasteiger charge is -2.13. The Bertz CT molecular complexity index is 660. The largest absolute Gasteiger partial charge is 0.469 e. The number of guanidine groups is 1. The summed E-state index contributed by atoms with van der Waals surface area (Å²) in [6, 6.07) is 3.88. The van der Waals surface area contributed by atoms with E-state index >= 15 is 0 Å². The van der Waals surface area contributed by atoms with Gasteiger partial charge in [0.15, 0.2) is 5.96 Å². The summed E-state index contributed by atoms with van der Waals surface area (Å²) in [5.74, 6) is 2.07. The fourth-order valence-electron chi connectivity index (χ4n) is 2.07. The highest BCUT2D eigenvalue weighted by molar-refractivity contribution is 7.11. The van der Waals surface area contributed by atoms with E-state index in [1.165, 1.54) is 4.88 Å². The standard InChI is InChI=1S/C18H26N4OS/c1-13(2)10-21-18(19-8-7-16-6-5-9-23-16)22-11-14(3)17-20-12-15(4)24-17/h5-6,9,12,14H,1,7-8,10-11H2,2-4H3,(H2,19,21,22). The zero-order chi connectivity index (χ0) is 17.4. The Morgan fingerprint density at radius 1 is 1.46 bits per heavy atom. The van der Waals surface area contributed by atoms with Crippen LogP contribution in [0, 0.1) is 6.92 Å². The first-order chi connectivity index (χ1) is 11.5. The fourth-order valence-corrected chi connectivity index (χ4v) is 2.89. The molecule has 0 bridgehead atoms. The number of rotatable bonds is 8. The molecule has 2 aromatic heterocycles. The molecule has 0 saturated carbocycles. The average molecular weight is 347 g/mol. The number of hydrogen-bond donors (Lipinski definition) is 2. The molecule has 0 spiro atoms.